The lowest BCUT2D eigenvalue weighted by atomic mass is 10.0. The number of carbonyl (C=O) groups is 3. The van der Waals surface area contributed by atoms with Crippen LogP contribution in [0.2, 0.25) is 5.02 Å². The van der Waals surface area contributed by atoms with Crippen LogP contribution in [0, 0.1) is 11.7 Å². The van der Waals surface area contributed by atoms with Crippen LogP contribution in [-0.4, -0.2) is 56.1 Å². The first kappa shape index (κ1) is 31.5. The number of hydrogen-bond acceptors (Lipinski definition) is 7. The van der Waals surface area contributed by atoms with Crippen LogP contribution in [0.3, 0.4) is 0 Å². The van der Waals surface area contributed by atoms with Crippen molar-refractivity contribution in [3.05, 3.63) is 64.2 Å². The summed E-state index contributed by atoms with van der Waals surface area (Å²) in [6, 6.07) is 8.91. The average molecular weight is 611 g/mol. The molecule has 0 unspecified atom stereocenters. The van der Waals surface area contributed by atoms with Gasteiger partial charge in [-0.15, -0.1) is 11.3 Å². The third-order valence-corrected chi connectivity index (χ3v) is 9.53. The quantitative estimate of drug-likeness (QED) is 0.284. The molecular weight excluding hydrogens is 579 g/mol. The number of rotatable bonds is 12. The Bertz CT molecular complexity index is 1460. The summed E-state index contributed by atoms with van der Waals surface area (Å²) in [5, 5.41) is 5.48. The Morgan fingerprint density at radius 3 is 2.42 bits per heavy atom. The molecule has 0 aliphatic heterocycles. The van der Waals surface area contributed by atoms with E-state index in [9.17, 15) is 27.2 Å². The molecule has 40 heavy (non-hydrogen) atoms. The van der Waals surface area contributed by atoms with Crippen LogP contribution in [0.15, 0.2) is 53.4 Å². The summed E-state index contributed by atoms with van der Waals surface area (Å²) in [7, 11) is -3.49. The minimum Gasteiger partial charge on any atom is -0.357 e. The van der Waals surface area contributed by atoms with Crippen molar-refractivity contribution in [3.8, 4) is 0 Å². The lowest BCUT2D eigenvalue weighted by molar-refractivity contribution is -0.136. The molecule has 0 aliphatic carbocycles. The van der Waals surface area contributed by atoms with E-state index in [1.807, 2.05) is 38.1 Å². The van der Waals surface area contributed by atoms with Gasteiger partial charge in [0.2, 0.25) is 5.91 Å². The first-order chi connectivity index (χ1) is 18.9. The van der Waals surface area contributed by atoms with Gasteiger partial charge in [0, 0.05) is 11.7 Å². The van der Waals surface area contributed by atoms with E-state index < -0.39 is 55.6 Å². The van der Waals surface area contributed by atoms with E-state index in [0.29, 0.717) is 9.18 Å². The molecule has 3 aromatic rings. The fourth-order valence-corrected chi connectivity index (χ4v) is 7.32. The van der Waals surface area contributed by atoms with E-state index in [0.717, 1.165) is 28.3 Å². The van der Waals surface area contributed by atoms with Crippen LogP contribution in [0.5, 0.6) is 0 Å². The topological polar surface area (TPSA) is 139 Å². The normalized spacial score (nSPS) is 13.2. The first-order valence-electron chi connectivity index (χ1n) is 12.6. The van der Waals surface area contributed by atoms with E-state index in [4.69, 9.17) is 17.3 Å². The molecule has 0 saturated carbocycles. The summed E-state index contributed by atoms with van der Waals surface area (Å²) in [5.74, 6) is -3.24. The zero-order valence-corrected chi connectivity index (χ0v) is 24.7. The highest BCUT2D eigenvalue weighted by atomic mass is 35.5. The molecule has 0 saturated heterocycles. The summed E-state index contributed by atoms with van der Waals surface area (Å²) >= 11 is 7.34. The highest BCUT2D eigenvalue weighted by Crippen LogP contribution is 2.30. The number of nitrogens with one attached hydrogen (secondary N) is 2. The number of fused-ring (bicyclic) bond motifs is 1. The van der Waals surface area contributed by atoms with E-state index in [2.05, 4.69) is 10.6 Å². The van der Waals surface area contributed by atoms with Crippen molar-refractivity contribution in [1.82, 2.24) is 14.9 Å². The molecule has 2 aromatic carbocycles. The fourth-order valence-electron chi connectivity index (χ4n) is 4.23. The van der Waals surface area contributed by atoms with Crippen LogP contribution in [0.4, 0.5) is 4.39 Å². The largest absolute Gasteiger partial charge is 0.357 e. The number of benzene rings is 2. The van der Waals surface area contributed by atoms with Gasteiger partial charge < -0.3 is 16.4 Å². The molecule has 0 spiro atoms. The van der Waals surface area contributed by atoms with Crippen LogP contribution in [-0.2, 0) is 19.6 Å². The SMILES string of the molecule is CNC(=O)[C@@H](CCCN)N(C(=O)[C@H](CC(C)C)NC(=O)c1cc2ccccc2s1)S(=O)(=O)c1ccc(F)cc1Cl. The number of nitrogens with zero attached hydrogens (tertiary/aromatic N) is 1. The Balaban J connectivity index is 2.10. The number of nitrogens with two attached hydrogens (primary N) is 1. The molecule has 2 atom stereocenters. The maximum atomic E-state index is 14.1. The minimum atomic E-state index is -4.80. The molecule has 0 aliphatic rings. The molecule has 3 rings (SSSR count). The number of likely N-dealkylation sites (N-methyl/N-ethyl adjacent to an activating group) is 1. The molecule has 0 radical (unpaired) electrons. The van der Waals surface area contributed by atoms with Crippen molar-refractivity contribution in [2.75, 3.05) is 13.6 Å². The van der Waals surface area contributed by atoms with Crippen LogP contribution >= 0.6 is 22.9 Å². The second kappa shape index (κ2) is 13.5. The smallest absolute Gasteiger partial charge is 0.268 e. The molecule has 1 aromatic heterocycles. The summed E-state index contributed by atoms with van der Waals surface area (Å²) in [6.07, 6.45) is 0.214. The molecule has 0 bridgehead atoms. The monoisotopic (exact) mass is 610 g/mol. The Morgan fingerprint density at radius 2 is 1.82 bits per heavy atom. The zero-order valence-electron chi connectivity index (χ0n) is 22.3. The van der Waals surface area contributed by atoms with Crippen LogP contribution < -0.4 is 16.4 Å². The maximum absolute atomic E-state index is 14.1. The van der Waals surface area contributed by atoms with E-state index in [1.165, 1.54) is 18.4 Å². The van der Waals surface area contributed by atoms with Crippen molar-refractivity contribution in [2.45, 2.75) is 50.1 Å². The van der Waals surface area contributed by atoms with Gasteiger partial charge in [-0.3, -0.25) is 14.4 Å². The average Bonchev–Trinajstić information content (AvgIpc) is 3.34. The van der Waals surface area contributed by atoms with Gasteiger partial charge in [-0.1, -0.05) is 43.6 Å². The number of sulfonamides is 1. The number of thiophene rings is 1. The number of amides is 3. The Labute approximate surface area is 241 Å². The summed E-state index contributed by atoms with van der Waals surface area (Å²) in [6.45, 7) is 3.75. The maximum Gasteiger partial charge on any atom is 0.268 e. The van der Waals surface area contributed by atoms with E-state index in [-0.39, 0.29) is 31.7 Å². The van der Waals surface area contributed by atoms with Gasteiger partial charge >= 0.3 is 0 Å². The van der Waals surface area contributed by atoms with Crippen molar-refractivity contribution in [1.29, 1.82) is 0 Å². The third kappa shape index (κ3) is 7.17. The van der Waals surface area contributed by atoms with Gasteiger partial charge in [0.05, 0.1) is 9.90 Å². The summed E-state index contributed by atoms with van der Waals surface area (Å²) < 4.78 is 43.0. The molecule has 4 N–H and O–H groups in total. The van der Waals surface area contributed by atoms with Gasteiger partial charge in [-0.2, -0.15) is 0 Å². The number of hydrogen-bond donors (Lipinski definition) is 3. The van der Waals surface area contributed by atoms with Crippen molar-refractivity contribution in [2.24, 2.45) is 11.7 Å². The molecule has 3 amide bonds. The van der Waals surface area contributed by atoms with Crippen molar-refractivity contribution in [3.63, 3.8) is 0 Å². The van der Waals surface area contributed by atoms with Crippen molar-refractivity contribution < 1.29 is 27.2 Å². The summed E-state index contributed by atoms with van der Waals surface area (Å²) in [4.78, 5) is 40.2. The summed E-state index contributed by atoms with van der Waals surface area (Å²) in [5.41, 5.74) is 5.64. The lowest BCUT2D eigenvalue weighted by Crippen LogP contribution is -2.57. The van der Waals surface area contributed by atoms with Gasteiger partial charge in [-0.25, -0.2) is 17.1 Å². The number of carbonyl (C=O) groups excluding carboxylic acids is 3. The minimum absolute atomic E-state index is 0.0794. The zero-order chi connectivity index (χ0) is 29.6. The van der Waals surface area contributed by atoms with Gasteiger partial charge in [-0.05, 0) is 67.4 Å². The molecule has 9 nitrogen and oxygen atoms in total. The third-order valence-electron chi connectivity index (χ3n) is 6.12. The van der Waals surface area contributed by atoms with Crippen molar-refractivity contribution >= 4 is 60.8 Å². The highest BCUT2D eigenvalue weighted by Gasteiger charge is 2.43. The van der Waals surface area contributed by atoms with E-state index >= 15 is 0 Å². The molecule has 0 fully saturated rings. The Hall–Kier alpha value is -3.06. The molecular formula is C27H32ClFN4O5S2. The van der Waals surface area contributed by atoms with Crippen LogP contribution in [0.1, 0.15) is 42.8 Å². The predicted molar refractivity (Wildman–Crippen MR) is 154 cm³/mol. The molecule has 1 heterocycles. The number of halogens is 2. The lowest BCUT2D eigenvalue weighted by Gasteiger charge is -2.33. The van der Waals surface area contributed by atoms with Gasteiger partial charge in [0.1, 0.15) is 22.8 Å². The highest BCUT2D eigenvalue weighted by molar-refractivity contribution is 7.89. The second-order valence-corrected chi connectivity index (χ2v) is 12.9. The second-order valence-electron chi connectivity index (χ2n) is 9.58. The van der Waals surface area contributed by atoms with Gasteiger partial charge in [0.15, 0.2) is 0 Å². The Kier molecular flexibility index (Phi) is 10.6. The van der Waals surface area contributed by atoms with Gasteiger partial charge in [0.25, 0.3) is 21.8 Å². The first-order valence-corrected chi connectivity index (χ1v) is 15.3. The molecule has 216 valence electrons. The standard InChI is InChI=1S/C27H32ClFN4O5S2/c1-16(2)13-20(32-26(35)23-14-17-7-4-5-9-22(17)39-23)27(36)33(21(8-6-12-30)25(34)31-3)40(37,38)24-11-10-18(29)15-19(24)28/h4-5,7,9-11,14-16,20-21H,6,8,12-13,30H2,1-3H3,(H,31,34)(H,32,35)/t20-,21+/m0/s1. The van der Waals surface area contributed by atoms with Crippen LogP contribution in [0.25, 0.3) is 10.1 Å². The fraction of sp³-hybridized carbons (Fsp3) is 0.370. The molecule has 13 heteroatoms. The predicted octanol–water partition coefficient (Wildman–Crippen LogP) is 3.91. The Morgan fingerprint density at radius 1 is 1.12 bits per heavy atom. The van der Waals surface area contributed by atoms with E-state index in [1.54, 1.807) is 6.07 Å².